The maximum Gasteiger partial charge on any atom is 0.434 e. The zero-order chi connectivity index (χ0) is 23.0. The van der Waals surface area contributed by atoms with E-state index in [-0.39, 0.29) is 11.0 Å². The van der Waals surface area contributed by atoms with Crippen LogP contribution in [-0.4, -0.2) is 29.5 Å². The molecule has 1 aromatic carbocycles. The Bertz CT molecular complexity index is 1350. The van der Waals surface area contributed by atoms with Crippen molar-refractivity contribution in [3.8, 4) is 0 Å². The largest absolute Gasteiger partial charge is 0.434 e. The van der Waals surface area contributed by atoms with Crippen molar-refractivity contribution in [1.82, 2.24) is 19.9 Å². The standard InChI is InChI=1S/C20H20ClN5O5S/c1-10(12-6-2-4-11-5-3-7-13(11)12)16(19-24-25-20(28)31-19)26-32(29,30)14-8-9-15(21)23-17(14)18(22)27/h2,4,6,8-10,16,26H,3,5,7H2,1H3,(H2,22,27)(H,25,28)/t10-,16+/m1/s1. The van der Waals surface area contributed by atoms with Gasteiger partial charge in [-0.2, -0.15) is 4.72 Å². The van der Waals surface area contributed by atoms with Crippen molar-refractivity contribution in [3.05, 3.63) is 74.3 Å². The lowest BCUT2D eigenvalue weighted by atomic mass is 9.88. The SMILES string of the molecule is C[C@H](c1cccc2c1CCC2)[C@H](NS(=O)(=O)c1ccc(Cl)nc1C(N)=O)c1n[nH]c(=O)o1. The number of aromatic amines is 1. The number of carbonyl (C=O) groups excluding carboxylic acids is 1. The molecule has 0 saturated carbocycles. The van der Waals surface area contributed by atoms with Crippen molar-refractivity contribution < 1.29 is 17.6 Å². The summed E-state index contributed by atoms with van der Waals surface area (Å²) in [5.74, 6) is -2.46. The van der Waals surface area contributed by atoms with Gasteiger partial charge in [0.15, 0.2) is 0 Å². The average molecular weight is 478 g/mol. The van der Waals surface area contributed by atoms with Gasteiger partial charge in [0, 0.05) is 5.92 Å². The van der Waals surface area contributed by atoms with Crippen LogP contribution in [-0.2, 0) is 22.9 Å². The average Bonchev–Trinajstić information content (AvgIpc) is 3.40. The van der Waals surface area contributed by atoms with Crippen molar-refractivity contribution in [2.24, 2.45) is 5.73 Å². The van der Waals surface area contributed by atoms with E-state index in [1.807, 2.05) is 25.1 Å². The molecule has 12 heteroatoms. The molecule has 2 atom stereocenters. The zero-order valence-electron chi connectivity index (χ0n) is 17.0. The van der Waals surface area contributed by atoms with Gasteiger partial charge in [-0.3, -0.25) is 4.79 Å². The first kappa shape index (κ1) is 22.2. The normalized spacial score (nSPS) is 15.3. The number of hydrogen-bond donors (Lipinski definition) is 3. The number of aryl methyl sites for hydroxylation is 1. The number of hydrogen-bond acceptors (Lipinski definition) is 7. The number of fused-ring (bicyclic) bond motifs is 1. The Morgan fingerprint density at radius 2 is 2.06 bits per heavy atom. The van der Waals surface area contributed by atoms with Crippen LogP contribution in [0.2, 0.25) is 5.15 Å². The first-order valence-corrected chi connectivity index (χ1v) is 11.7. The van der Waals surface area contributed by atoms with E-state index >= 15 is 0 Å². The highest BCUT2D eigenvalue weighted by Crippen LogP contribution is 2.37. The molecule has 4 N–H and O–H groups in total. The van der Waals surface area contributed by atoms with Crippen molar-refractivity contribution in [1.29, 1.82) is 0 Å². The molecule has 2 heterocycles. The summed E-state index contributed by atoms with van der Waals surface area (Å²) in [4.78, 5) is 26.7. The fourth-order valence-electron chi connectivity index (χ4n) is 4.04. The molecular formula is C20H20ClN5O5S. The van der Waals surface area contributed by atoms with Crippen LogP contribution in [0.5, 0.6) is 0 Å². The van der Waals surface area contributed by atoms with Crippen LogP contribution in [0.25, 0.3) is 0 Å². The van der Waals surface area contributed by atoms with Gasteiger partial charge < -0.3 is 10.2 Å². The van der Waals surface area contributed by atoms with Crippen LogP contribution in [0.4, 0.5) is 0 Å². The Kier molecular flexibility index (Phi) is 5.89. The molecule has 0 fully saturated rings. The fourth-order valence-corrected chi connectivity index (χ4v) is 5.60. The monoisotopic (exact) mass is 477 g/mol. The minimum absolute atomic E-state index is 0.0826. The highest BCUT2D eigenvalue weighted by molar-refractivity contribution is 7.89. The van der Waals surface area contributed by atoms with Crippen LogP contribution >= 0.6 is 11.6 Å². The van der Waals surface area contributed by atoms with E-state index in [9.17, 15) is 18.0 Å². The quantitative estimate of drug-likeness (QED) is 0.437. The predicted molar refractivity (Wildman–Crippen MR) is 115 cm³/mol. The molecule has 0 aliphatic heterocycles. The summed E-state index contributed by atoms with van der Waals surface area (Å²) in [5, 5.41) is 5.92. The molecule has 0 radical (unpaired) electrons. The summed E-state index contributed by atoms with van der Waals surface area (Å²) in [7, 11) is -4.35. The highest BCUT2D eigenvalue weighted by Gasteiger charge is 2.34. The van der Waals surface area contributed by atoms with E-state index < -0.39 is 44.2 Å². The maximum atomic E-state index is 13.3. The summed E-state index contributed by atoms with van der Waals surface area (Å²) in [6.45, 7) is 1.81. The summed E-state index contributed by atoms with van der Waals surface area (Å²) < 4.78 is 34.2. The number of rotatable bonds is 7. The molecule has 168 valence electrons. The number of nitrogens with zero attached hydrogens (tertiary/aromatic N) is 2. The van der Waals surface area contributed by atoms with Crippen LogP contribution in [0.15, 0.2) is 44.4 Å². The molecule has 0 bridgehead atoms. The van der Waals surface area contributed by atoms with Crippen molar-refractivity contribution in [3.63, 3.8) is 0 Å². The number of carbonyl (C=O) groups is 1. The number of aromatic nitrogens is 3. The van der Waals surface area contributed by atoms with E-state index in [1.165, 1.54) is 11.6 Å². The second-order valence-electron chi connectivity index (χ2n) is 7.52. The van der Waals surface area contributed by atoms with Gasteiger partial charge in [0.1, 0.15) is 21.8 Å². The van der Waals surface area contributed by atoms with Gasteiger partial charge in [-0.1, -0.05) is 36.7 Å². The van der Waals surface area contributed by atoms with Crippen LogP contribution in [0, 0.1) is 0 Å². The topological polar surface area (TPSA) is 161 Å². The lowest BCUT2D eigenvalue weighted by molar-refractivity contribution is 0.0992. The summed E-state index contributed by atoms with van der Waals surface area (Å²) in [6, 6.07) is 7.20. The lowest BCUT2D eigenvalue weighted by Crippen LogP contribution is -2.34. The predicted octanol–water partition coefficient (Wildman–Crippen LogP) is 1.82. The number of amides is 1. The maximum absolute atomic E-state index is 13.3. The first-order chi connectivity index (χ1) is 15.2. The smallest absolute Gasteiger partial charge is 0.391 e. The summed E-state index contributed by atoms with van der Waals surface area (Å²) >= 11 is 5.80. The number of nitrogens with one attached hydrogen (secondary N) is 2. The molecule has 32 heavy (non-hydrogen) atoms. The molecule has 1 aliphatic carbocycles. The second-order valence-corrected chi connectivity index (χ2v) is 9.59. The molecule has 0 spiro atoms. The Labute approximate surface area is 188 Å². The van der Waals surface area contributed by atoms with E-state index in [0.717, 1.165) is 36.5 Å². The number of halogens is 1. The number of primary amides is 1. The number of benzene rings is 1. The van der Waals surface area contributed by atoms with Gasteiger partial charge in [0.2, 0.25) is 15.9 Å². The number of nitrogens with two attached hydrogens (primary N) is 1. The minimum atomic E-state index is -4.35. The molecule has 0 saturated heterocycles. The third-order valence-corrected chi connectivity index (χ3v) is 7.21. The first-order valence-electron chi connectivity index (χ1n) is 9.82. The molecule has 2 aromatic heterocycles. The Balaban J connectivity index is 1.79. The van der Waals surface area contributed by atoms with E-state index in [4.69, 9.17) is 21.8 Å². The van der Waals surface area contributed by atoms with Gasteiger partial charge in [-0.15, -0.1) is 5.10 Å². The van der Waals surface area contributed by atoms with Gasteiger partial charge in [0.05, 0.1) is 0 Å². The van der Waals surface area contributed by atoms with Crippen molar-refractivity contribution >= 4 is 27.5 Å². The van der Waals surface area contributed by atoms with Gasteiger partial charge in [0.25, 0.3) is 5.91 Å². The number of sulfonamides is 1. The molecule has 0 unspecified atom stereocenters. The minimum Gasteiger partial charge on any atom is -0.391 e. The van der Waals surface area contributed by atoms with Crippen LogP contribution in [0.1, 0.15) is 58.4 Å². The van der Waals surface area contributed by atoms with Crippen molar-refractivity contribution in [2.45, 2.75) is 43.0 Å². The van der Waals surface area contributed by atoms with Gasteiger partial charge >= 0.3 is 5.76 Å². The Morgan fingerprint density at radius 1 is 1.28 bits per heavy atom. The lowest BCUT2D eigenvalue weighted by Gasteiger charge is -2.24. The van der Waals surface area contributed by atoms with Crippen molar-refractivity contribution in [2.75, 3.05) is 0 Å². The highest BCUT2D eigenvalue weighted by atomic mass is 35.5. The molecular weight excluding hydrogens is 458 g/mol. The third-order valence-electron chi connectivity index (χ3n) is 5.52. The Hall–Kier alpha value is -3.02. The van der Waals surface area contributed by atoms with Crippen LogP contribution < -0.4 is 16.2 Å². The van der Waals surface area contributed by atoms with E-state index in [1.54, 1.807) is 0 Å². The number of pyridine rings is 1. The number of H-pyrrole nitrogens is 1. The summed E-state index contributed by atoms with van der Waals surface area (Å²) in [5.41, 5.74) is 8.08. The van der Waals surface area contributed by atoms with Crippen LogP contribution in [0.3, 0.4) is 0 Å². The fraction of sp³-hybridized carbons (Fsp3) is 0.300. The molecule has 4 rings (SSSR count). The zero-order valence-corrected chi connectivity index (χ0v) is 18.5. The van der Waals surface area contributed by atoms with Gasteiger partial charge in [-0.05, 0) is 48.1 Å². The molecule has 3 aromatic rings. The molecule has 1 aliphatic rings. The Morgan fingerprint density at radius 3 is 2.75 bits per heavy atom. The van der Waals surface area contributed by atoms with Gasteiger partial charge in [-0.25, -0.2) is 23.3 Å². The summed E-state index contributed by atoms with van der Waals surface area (Å²) in [6.07, 6.45) is 2.82. The van der Waals surface area contributed by atoms with E-state index in [0.29, 0.717) is 0 Å². The second kappa shape index (κ2) is 8.49. The molecule has 10 nitrogen and oxygen atoms in total. The van der Waals surface area contributed by atoms with E-state index in [2.05, 4.69) is 19.9 Å². The third kappa shape index (κ3) is 4.18. The molecule has 1 amide bonds.